The van der Waals surface area contributed by atoms with Gasteiger partial charge in [0.15, 0.2) is 0 Å². The first-order valence-electron chi connectivity index (χ1n) is 8.36. The molecule has 0 spiro atoms. The first-order chi connectivity index (χ1) is 12.0. The van der Waals surface area contributed by atoms with E-state index in [0.717, 1.165) is 42.0 Å². The molecule has 0 saturated carbocycles. The molecule has 0 unspecified atom stereocenters. The third-order valence-corrected chi connectivity index (χ3v) is 4.72. The van der Waals surface area contributed by atoms with E-state index in [9.17, 15) is 15.2 Å². The molecule has 128 valence electrons. The van der Waals surface area contributed by atoms with Gasteiger partial charge in [-0.05, 0) is 56.1 Å². The molecule has 5 nitrogen and oxygen atoms in total. The summed E-state index contributed by atoms with van der Waals surface area (Å²) in [6.45, 7) is 5.51. The minimum atomic E-state index is -0.934. The van der Waals surface area contributed by atoms with Crippen molar-refractivity contribution >= 4 is 17.3 Å². The Bertz CT molecular complexity index is 849. The normalized spacial score (nSPS) is 16.4. The van der Waals surface area contributed by atoms with Gasteiger partial charge in [-0.3, -0.25) is 0 Å². The Balaban J connectivity index is 2.21. The van der Waals surface area contributed by atoms with Gasteiger partial charge in [-0.1, -0.05) is 18.2 Å². The van der Waals surface area contributed by atoms with Gasteiger partial charge in [0.2, 0.25) is 0 Å². The largest absolute Gasteiger partial charge is 0.478 e. The number of hydrogen-bond donors (Lipinski definition) is 2. The maximum absolute atomic E-state index is 11.6. The van der Waals surface area contributed by atoms with Crippen LogP contribution in [0.1, 0.15) is 33.5 Å². The number of para-hydroxylation sites is 1. The Morgan fingerprint density at radius 1 is 1.24 bits per heavy atom. The minimum absolute atomic E-state index is 0.178. The van der Waals surface area contributed by atoms with Crippen LogP contribution < -0.4 is 10.2 Å². The predicted octanol–water partition coefficient (Wildman–Crippen LogP) is 3.37. The Morgan fingerprint density at radius 3 is 2.64 bits per heavy atom. The molecular weight excluding hydrogens is 314 g/mol. The number of nitrogens with zero attached hydrogens (tertiary/aromatic N) is 2. The molecule has 2 aromatic carbocycles. The van der Waals surface area contributed by atoms with Crippen LogP contribution in [0.2, 0.25) is 0 Å². The SMILES string of the molecule is Cc1cc(C)c(N(c2ccccc2C#N)[C@H]2CCNC2)cc1C(=O)O. The van der Waals surface area contributed by atoms with Gasteiger partial charge in [0, 0.05) is 18.3 Å². The summed E-state index contributed by atoms with van der Waals surface area (Å²) >= 11 is 0. The molecule has 3 rings (SSSR count). The molecule has 5 heteroatoms. The van der Waals surface area contributed by atoms with E-state index in [1.807, 2.05) is 38.1 Å². The third-order valence-electron chi connectivity index (χ3n) is 4.72. The average molecular weight is 335 g/mol. The number of anilines is 2. The highest BCUT2D eigenvalue weighted by atomic mass is 16.4. The van der Waals surface area contributed by atoms with Gasteiger partial charge >= 0.3 is 5.97 Å². The number of rotatable bonds is 4. The lowest BCUT2D eigenvalue weighted by Gasteiger charge is -2.33. The molecule has 1 aliphatic heterocycles. The van der Waals surface area contributed by atoms with Gasteiger partial charge in [0.05, 0.1) is 16.8 Å². The lowest BCUT2D eigenvalue weighted by atomic mass is 10.00. The third kappa shape index (κ3) is 3.21. The summed E-state index contributed by atoms with van der Waals surface area (Å²) in [5.41, 5.74) is 4.30. The van der Waals surface area contributed by atoms with E-state index in [1.54, 1.807) is 12.1 Å². The molecule has 1 heterocycles. The lowest BCUT2D eigenvalue weighted by molar-refractivity contribution is 0.0696. The predicted molar refractivity (Wildman–Crippen MR) is 97.4 cm³/mol. The average Bonchev–Trinajstić information content (AvgIpc) is 3.11. The highest BCUT2D eigenvalue weighted by Gasteiger charge is 2.27. The summed E-state index contributed by atoms with van der Waals surface area (Å²) in [5.74, 6) is -0.934. The van der Waals surface area contributed by atoms with E-state index in [-0.39, 0.29) is 6.04 Å². The van der Waals surface area contributed by atoms with Gasteiger partial charge in [-0.25, -0.2) is 4.79 Å². The van der Waals surface area contributed by atoms with E-state index in [1.165, 1.54) is 0 Å². The molecule has 0 bridgehead atoms. The summed E-state index contributed by atoms with van der Waals surface area (Å²) in [6, 6.07) is 13.6. The number of carboxylic acids is 1. The van der Waals surface area contributed by atoms with Gasteiger partial charge < -0.3 is 15.3 Å². The second-order valence-electron chi connectivity index (χ2n) is 6.40. The molecule has 25 heavy (non-hydrogen) atoms. The van der Waals surface area contributed by atoms with E-state index in [2.05, 4.69) is 16.3 Å². The van der Waals surface area contributed by atoms with Gasteiger partial charge in [-0.2, -0.15) is 5.26 Å². The van der Waals surface area contributed by atoms with Crippen LogP contribution in [0.5, 0.6) is 0 Å². The second kappa shape index (κ2) is 6.96. The van der Waals surface area contributed by atoms with Crippen LogP contribution in [0.4, 0.5) is 11.4 Å². The number of hydrogen-bond acceptors (Lipinski definition) is 4. The van der Waals surface area contributed by atoms with Crippen LogP contribution >= 0.6 is 0 Å². The molecule has 0 radical (unpaired) electrons. The summed E-state index contributed by atoms with van der Waals surface area (Å²) in [7, 11) is 0. The highest BCUT2D eigenvalue weighted by Crippen LogP contribution is 2.36. The van der Waals surface area contributed by atoms with Crippen molar-refractivity contribution in [3.63, 3.8) is 0 Å². The van der Waals surface area contributed by atoms with Crippen LogP contribution in [0.3, 0.4) is 0 Å². The van der Waals surface area contributed by atoms with Crippen molar-refractivity contribution in [1.29, 1.82) is 5.26 Å². The molecular formula is C20H21N3O2. The Kier molecular flexibility index (Phi) is 4.73. The Labute approximate surface area is 147 Å². The molecule has 0 aromatic heterocycles. The Hall–Kier alpha value is -2.84. The molecule has 0 amide bonds. The Morgan fingerprint density at radius 2 is 2.00 bits per heavy atom. The molecule has 1 atom stereocenters. The molecule has 1 aliphatic rings. The van der Waals surface area contributed by atoms with Crippen LogP contribution in [0.15, 0.2) is 36.4 Å². The molecule has 0 aliphatic carbocycles. The standard InChI is InChI=1S/C20H21N3O2/c1-13-9-14(2)19(10-17(13)20(24)25)23(16-7-8-22-12-16)18-6-4-3-5-15(18)11-21/h3-6,9-10,16,22H,7-8,12H2,1-2H3,(H,24,25)/t16-/m0/s1. The zero-order valence-electron chi connectivity index (χ0n) is 14.4. The smallest absolute Gasteiger partial charge is 0.336 e. The van der Waals surface area contributed by atoms with Crippen LogP contribution in [-0.2, 0) is 0 Å². The number of aromatic carboxylic acids is 1. The fourth-order valence-electron chi connectivity index (χ4n) is 3.49. The number of aryl methyl sites for hydroxylation is 2. The lowest BCUT2D eigenvalue weighted by Crippen LogP contribution is -2.34. The van der Waals surface area contributed by atoms with Gasteiger partial charge in [0.25, 0.3) is 0 Å². The maximum atomic E-state index is 11.6. The monoisotopic (exact) mass is 335 g/mol. The first-order valence-corrected chi connectivity index (χ1v) is 8.36. The van der Waals surface area contributed by atoms with Gasteiger partial charge in [-0.15, -0.1) is 0 Å². The number of nitrogens with one attached hydrogen (secondary N) is 1. The van der Waals surface area contributed by atoms with Crippen molar-refractivity contribution in [2.24, 2.45) is 0 Å². The molecule has 2 aromatic rings. The fourth-order valence-corrected chi connectivity index (χ4v) is 3.49. The zero-order valence-corrected chi connectivity index (χ0v) is 14.4. The highest BCUT2D eigenvalue weighted by molar-refractivity contribution is 5.91. The van der Waals surface area contributed by atoms with E-state index >= 15 is 0 Å². The van der Waals surface area contributed by atoms with Crippen LogP contribution in [-0.4, -0.2) is 30.2 Å². The van der Waals surface area contributed by atoms with E-state index in [4.69, 9.17) is 0 Å². The number of carbonyl (C=O) groups is 1. The van der Waals surface area contributed by atoms with Crippen molar-refractivity contribution in [3.05, 3.63) is 58.7 Å². The van der Waals surface area contributed by atoms with Crippen molar-refractivity contribution in [1.82, 2.24) is 5.32 Å². The van der Waals surface area contributed by atoms with Gasteiger partial charge in [0.1, 0.15) is 6.07 Å². The summed E-state index contributed by atoms with van der Waals surface area (Å²) in [4.78, 5) is 13.7. The van der Waals surface area contributed by atoms with Crippen LogP contribution in [0.25, 0.3) is 0 Å². The second-order valence-corrected chi connectivity index (χ2v) is 6.40. The quantitative estimate of drug-likeness (QED) is 0.896. The molecule has 1 saturated heterocycles. The summed E-state index contributed by atoms with van der Waals surface area (Å²) in [5, 5.41) is 22.4. The molecule has 2 N–H and O–H groups in total. The topological polar surface area (TPSA) is 76.4 Å². The van der Waals surface area contributed by atoms with Crippen molar-refractivity contribution in [2.45, 2.75) is 26.3 Å². The van der Waals surface area contributed by atoms with E-state index < -0.39 is 5.97 Å². The van der Waals surface area contributed by atoms with E-state index in [0.29, 0.717) is 11.1 Å². The first kappa shape index (κ1) is 17.0. The minimum Gasteiger partial charge on any atom is -0.478 e. The van der Waals surface area contributed by atoms with Crippen LogP contribution in [0, 0.1) is 25.2 Å². The number of benzene rings is 2. The maximum Gasteiger partial charge on any atom is 0.336 e. The summed E-state index contributed by atoms with van der Waals surface area (Å²) < 4.78 is 0. The number of carboxylic acid groups (broad SMARTS) is 1. The zero-order chi connectivity index (χ0) is 18.0. The summed E-state index contributed by atoms with van der Waals surface area (Å²) in [6.07, 6.45) is 0.940. The number of nitriles is 1. The fraction of sp³-hybridized carbons (Fsp3) is 0.300. The molecule has 1 fully saturated rings. The van der Waals surface area contributed by atoms with Crippen molar-refractivity contribution < 1.29 is 9.90 Å². The van der Waals surface area contributed by atoms with Crippen molar-refractivity contribution in [3.8, 4) is 6.07 Å². The van der Waals surface area contributed by atoms with Crippen molar-refractivity contribution in [2.75, 3.05) is 18.0 Å².